The Morgan fingerprint density at radius 3 is 2.50 bits per heavy atom. The van der Waals surface area contributed by atoms with Crippen molar-refractivity contribution in [1.82, 2.24) is 0 Å². The Balaban J connectivity index is 1.97. The quantitative estimate of drug-likeness (QED) is 0.698. The molecule has 26 heavy (non-hydrogen) atoms. The number of methoxy groups -OCH3 is 2. The number of ether oxygens (including phenoxy) is 2. The zero-order chi connectivity index (χ0) is 19.3. The summed E-state index contributed by atoms with van der Waals surface area (Å²) in [4.78, 5) is 12.2. The zero-order valence-electron chi connectivity index (χ0n) is 14.6. The molecular formula is C18H20Cl2FN2O3+. The average Bonchev–Trinajstić information content (AvgIpc) is 2.62. The molecule has 0 aromatic heterocycles. The van der Waals surface area contributed by atoms with Crippen LogP contribution >= 0.6 is 23.2 Å². The number of hydrogen-bond donors (Lipinski definition) is 2. The molecule has 0 aliphatic rings. The van der Waals surface area contributed by atoms with Crippen LogP contribution in [0, 0.1) is 5.82 Å². The van der Waals surface area contributed by atoms with Gasteiger partial charge in [0.05, 0.1) is 24.3 Å². The molecule has 3 N–H and O–H groups in total. The van der Waals surface area contributed by atoms with E-state index in [1.165, 1.54) is 26.4 Å². The van der Waals surface area contributed by atoms with Crippen LogP contribution in [0.4, 0.5) is 10.1 Å². The summed E-state index contributed by atoms with van der Waals surface area (Å²) in [6, 6.07) is 7.53. The lowest BCUT2D eigenvalue weighted by molar-refractivity contribution is -0.682. The van der Waals surface area contributed by atoms with Gasteiger partial charge in [-0.25, -0.2) is 4.39 Å². The van der Waals surface area contributed by atoms with E-state index in [9.17, 15) is 9.18 Å². The topological polar surface area (TPSA) is 64.2 Å². The standard InChI is InChI=1S/C18H19Cl2FN2O3/c1-10(12-7-15(21)14(20)8-13(12)19)22-9-18(24)23-11-4-5-16(25-2)17(6-11)26-3/h4-8,10,22H,9H2,1-3H3,(H,23,24)/p+1/t10-/m0/s1. The third kappa shape index (κ3) is 5.00. The molecule has 0 saturated carbocycles. The second kappa shape index (κ2) is 9.07. The van der Waals surface area contributed by atoms with E-state index in [-0.39, 0.29) is 23.5 Å². The summed E-state index contributed by atoms with van der Waals surface area (Å²) < 4.78 is 24.0. The van der Waals surface area contributed by atoms with Gasteiger partial charge in [-0.3, -0.25) is 4.79 Å². The van der Waals surface area contributed by atoms with Gasteiger partial charge in [0.25, 0.3) is 5.91 Å². The zero-order valence-corrected chi connectivity index (χ0v) is 16.1. The van der Waals surface area contributed by atoms with Crippen molar-refractivity contribution in [2.75, 3.05) is 26.1 Å². The molecule has 0 aliphatic carbocycles. The second-order valence-electron chi connectivity index (χ2n) is 5.63. The molecule has 0 aliphatic heterocycles. The fraction of sp³-hybridized carbons (Fsp3) is 0.278. The van der Waals surface area contributed by atoms with E-state index in [1.54, 1.807) is 23.5 Å². The van der Waals surface area contributed by atoms with Crippen LogP contribution in [0.5, 0.6) is 11.5 Å². The first-order valence-corrected chi connectivity index (χ1v) is 8.61. The minimum atomic E-state index is -0.541. The Kier molecular flexibility index (Phi) is 7.08. The molecule has 0 unspecified atom stereocenters. The number of nitrogens with one attached hydrogen (secondary N) is 1. The molecule has 1 atom stereocenters. The fourth-order valence-corrected chi connectivity index (χ4v) is 2.98. The van der Waals surface area contributed by atoms with Crippen molar-refractivity contribution in [1.29, 1.82) is 0 Å². The van der Waals surface area contributed by atoms with Gasteiger partial charge in [-0.15, -0.1) is 0 Å². The number of halogens is 3. The van der Waals surface area contributed by atoms with Gasteiger partial charge in [-0.05, 0) is 31.2 Å². The number of amides is 1. The van der Waals surface area contributed by atoms with Gasteiger partial charge in [0.1, 0.15) is 11.9 Å². The van der Waals surface area contributed by atoms with Gasteiger partial charge in [0.15, 0.2) is 18.0 Å². The number of carbonyl (C=O) groups excluding carboxylic acids is 1. The smallest absolute Gasteiger partial charge is 0.279 e. The molecule has 0 heterocycles. The van der Waals surface area contributed by atoms with E-state index in [2.05, 4.69) is 5.32 Å². The Hall–Kier alpha value is -2.02. The monoisotopic (exact) mass is 401 g/mol. The fourth-order valence-electron chi connectivity index (χ4n) is 2.42. The van der Waals surface area contributed by atoms with E-state index in [0.29, 0.717) is 27.8 Å². The number of rotatable bonds is 7. The Morgan fingerprint density at radius 2 is 1.85 bits per heavy atom. The van der Waals surface area contributed by atoms with Gasteiger partial charge in [-0.2, -0.15) is 0 Å². The van der Waals surface area contributed by atoms with E-state index < -0.39 is 5.82 Å². The van der Waals surface area contributed by atoms with Crippen LogP contribution in [0.3, 0.4) is 0 Å². The average molecular weight is 402 g/mol. The molecule has 8 heteroatoms. The first-order chi connectivity index (χ1) is 12.3. The molecule has 2 aromatic rings. The second-order valence-corrected chi connectivity index (χ2v) is 6.45. The molecule has 0 spiro atoms. The van der Waals surface area contributed by atoms with Crippen molar-refractivity contribution in [3.05, 3.63) is 51.8 Å². The summed E-state index contributed by atoms with van der Waals surface area (Å²) in [5.41, 5.74) is 1.16. The van der Waals surface area contributed by atoms with Crippen molar-refractivity contribution < 1.29 is 24.0 Å². The molecule has 5 nitrogen and oxygen atoms in total. The molecule has 0 bridgehead atoms. The van der Waals surface area contributed by atoms with E-state index >= 15 is 0 Å². The number of benzene rings is 2. The van der Waals surface area contributed by atoms with Crippen LogP contribution in [-0.2, 0) is 4.79 Å². The van der Waals surface area contributed by atoms with Crippen LogP contribution < -0.4 is 20.1 Å². The molecular weight excluding hydrogens is 382 g/mol. The first-order valence-electron chi connectivity index (χ1n) is 7.85. The van der Waals surface area contributed by atoms with Gasteiger partial charge in [0, 0.05) is 17.3 Å². The molecule has 2 rings (SSSR count). The minimum Gasteiger partial charge on any atom is -0.493 e. The predicted molar refractivity (Wildman–Crippen MR) is 99.8 cm³/mol. The van der Waals surface area contributed by atoms with Crippen molar-refractivity contribution in [2.24, 2.45) is 0 Å². The molecule has 1 amide bonds. The summed E-state index contributed by atoms with van der Waals surface area (Å²) in [5.74, 6) is 0.340. The summed E-state index contributed by atoms with van der Waals surface area (Å²) >= 11 is 11.8. The third-order valence-corrected chi connectivity index (χ3v) is 4.47. The normalized spacial score (nSPS) is 11.8. The lowest BCUT2D eigenvalue weighted by Gasteiger charge is -2.14. The number of quaternary nitrogens is 1. The van der Waals surface area contributed by atoms with Crippen LogP contribution in [0.25, 0.3) is 0 Å². The molecule has 140 valence electrons. The maximum Gasteiger partial charge on any atom is 0.279 e. The highest BCUT2D eigenvalue weighted by molar-refractivity contribution is 6.35. The van der Waals surface area contributed by atoms with E-state index in [0.717, 1.165) is 0 Å². The lowest BCUT2D eigenvalue weighted by Crippen LogP contribution is -2.86. The minimum absolute atomic E-state index is 0.0304. The molecule has 0 fully saturated rings. The lowest BCUT2D eigenvalue weighted by atomic mass is 10.1. The highest BCUT2D eigenvalue weighted by Gasteiger charge is 2.17. The van der Waals surface area contributed by atoms with Gasteiger partial charge in [0.2, 0.25) is 0 Å². The molecule has 0 saturated heterocycles. The number of carbonyl (C=O) groups is 1. The van der Waals surface area contributed by atoms with Crippen LogP contribution in [0.2, 0.25) is 10.0 Å². The van der Waals surface area contributed by atoms with Crippen LogP contribution in [0.15, 0.2) is 30.3 Å². The molecule has 0 radical (unpaired) electrons. The third-order valence-electron chi connectivity index (χ3n) is 3.85. The molecule has 2 aromatic carbocycles. The maximum absolute atomic E-state index is 13.6. The number of anilines is 1. The van der Waals surface area contributed by atoms with Crippen molar-refractivity contribution >= 4 is 34.8 Å². The summed E-state index contributed by atoms with van der Waals surface area (Å²) in [6.07, 6.45) is 0. The number of hydrogen-bond acceptors (Lipinski definition) is 3. The van der Waals surface area contributed by atoms with E-state index in [4.69, 9.17) is 32.7 Å². The first kappa shape index (κ1) is 20.3. The van der Waals surface area contributed by atoms with Crippen molar-refractivity contribution in [3.8, 4) is 11.5 Å². The SMILES string of the molecule is COc1ccc(NC(=O)C[NH2+][C@@H](C)c2cc(F)c(Cl)cc2Cl)cc1OC. The predicted octanol–water partition coefficient (Wildman–Crippen LogP) is 3.41. The highest BCUT2D eigenvalue weighted by atomic mass is 35.5. The van der Waals surface area contributed by atoms with Crippen LogP contribution in [-0.4, -0.2) is 26.7 Å². The highest BCUT2D eigenvalue weighted by Crippen LogP contribution is 2.30. The van der Waals surface area contributed by atoms with Gasteiger partial charge < -0.3 is 20.1 Å². The Morgan fingerprint density at radius 1 is 1.15 bits per heavy atom. The van der Waals surface area contributed by atoms with Crippen molar-refractivity contribution in [3.63, 3.8) is 0 Å². The summed E-state index contributed by atoms with van der Waals surface area (Å²) in [5, 5.41) is 4.86. The summed E-state index contributed by atoms with van der Waals surface area (Å²) in [6.45, 7) is 1.97. The summed E-state index contributed by atoms with van der Waals surface area (Å²) in [7, 11) is 3.06. The van der Waals surface area contributed by atoms with Gasteiger partial charge in [-0.1, -0.05) is 23.2 Å². The van der Waals surface area contributed by atoms with E-state index in [1.807, 2.05) is 6.92 Å². The van der Waals surface area contributed by atoms with Crippen LogP contribution in [0.1, 0.15) is 18.5 Å². The van der Waals surface area contributed by atoms with Crippen molar-refractivity contribution in [2.45, 2.75) is 13.0 Å². The maximum atomic E-state index is 13.6. The van der Waals surface area contributed by atoms with Gasteiger partial charge >= 0.3 is 0 Å². The Labute approximate surface area is 161 Å². The number of nitrogens with two attached hydrogens (primary N) is 1. The Bertz CT molecular complexity index is 802. The largest absolute Gasteiger partial charge is 0.493 e.